The number of rotatable bonds is 1. The molecule has 90 valence electrons. The molecule has 1 N–H and O–H groups in total. The normalized spacial score (nSPS) is 10.5. The van der Waals surface area contributed by atoms with Crippen molar-refractivity contribution in [3.63, 3.8) is 0 Å². The van der Waals surface area contributed by atoms with Crippen molar-refractivity contribution in [2.75, 3.05) is 12.4 Å². The molecule has 0 radical (unpaired) electrons. The maximum atomic E-state index is 12.5. The van der Waals surface area contributed by atoms with Crippen LogP contribution in [0.25, 0.3) is 0 Å². The monoisotopic (exact) mass is 245 g/mol. The van der Waals surface area contributed by atoms with Crippen LogP contribution in [0.5, 0.6) is 0 Å². The first-order valence-electron chi connectivity index (χ1n) is 4.20. The second-order valence-corrected chi connectivity index (χ2v) is 2.85. The first kappa shape index (κ1) is 12.8. The van der Waals surface area contributed by atoms with E-state index in [1.165, 1.54) is 6.07 Å². The van der Waals surface area contributed by atoms with Crippen LogP contribution < -0.4 is 5.32 Å². The van der Waals surface area contributed by atoms with E-state index in [4.69, 9.17) is 5.26 Å². The molecule has 1 aromatic heterocycles. The number of pyridine rings is 1. The molecule has 8 heteroatoms. The van der Waals surface area contributed by atoms with E-state index in [1.54, 1.807) is 0 Å². The van der Waals surface area contributed by atoms with Gasteiger partial charge in [-0.2, -0.15) is 18.4 Å². The molecule has 0 saturated carbocycles. The number of nitrogens with zero attached hydrogens (tertiary/aromatic N) is 2. The van der Waals surface area contributed by atoms with Gasteiger partial charge in [0.1, 0.15) is 6.07 Å². The summed E-state index contributed by atoms with van der Waals surface area (Å²) in [5.74, 6) is 0. The number of amides is 1. The third-order valence-corrected chi connectivity index (χ3v) is 1.73. The van der Waals surface area contributed by atoms with Crippen LogP contribution in [0.1, 0.15) is 11.3 Å². The van der Waals surface area contributed by atoms with E-state index in [0.29, 0.717) is 6.07 Å². The zero-order valence-corrected chi connectivity index (χ0v) is 8.50. The number of carbonyl (C=O) groups is 1. The second-order valence-electron chi connectivity index (χ2n) is 2.85. The van der Waals surface area contributed by atoms with Crippen molar-refractivity contribution in [3.05, 3.63) is 23.5 Å². The Morgan fingerprint density at radius 3 is 2.71 bits per heavy atom. The van der Waals surface area contributed by atoms with Crippen molar-refractivity contribution < 1.29 is 22.7 Å². The smallest absolute Gasteiger partial charge is 0.419 e. The highest BCUT2D eigenvalue weighted by atomic mass is 19.4. The second kappa shape index (κ2) is 4.69. The van der Waals surface area contributed by atoms with Gasteiger partial charge in [0.2, 0.25) is 0 Å². The van der Waals surface area contributed by atoms with E-state index in [2.05, 4.69) is 9.72 Å². The predicted octanol–water partition coefficient (Wildman–Crippen LogP) is 2.15. The van der Waals surface area contributed by atoms with Crippen LogP contribution in [-0.4, -0.2) is 18.2 Å². The first-order chi connectivity index (χ1) is 7.88. The fourth-order valence-electron chi connectivity index (χ4n) is 1.01. The number of nitrogens with one attached hydrogen (secondary N) is 1. The fraction of sp³-hybridized carbons (Fsp3) is 0.222. The van der Waals surface area contributed by atoms with Crippen LogP contribution in [0.15, 0.2) is 12.3 Å². The fourth-order valence-corrected chi connectivity index (χ4v) is 1.01. The van der Waals surface area contributed by atoms with Gasteiger partial charge in [0.05, 0.1) is 24.6 Å². The maximum absolute atomic E-state index is 12.5. The summed E-state index contributed by atoms with van der Waals surface area (Å²) in [7, 11) is 1.07. The highest BCUT2D eigenvalue weighted by Gasteiger charge is 2.34. The summed E-state index contributed by atoms with van der Waals surface area (Å²) in [6.45, 7) is 0. The van der Waals surface area contributed by atoms with E-state index in [0.717, 1.165) is 13.3 Å². The zero-order valence-electron chi connectivity index (χ0n) is 8.50. The minimum Gasteiger partial charge on any atom is -0.453 e. The molecule has 0 bridgehead atoms. The molecule has 1 aromatic rings. The summed E-state index contributed by atoms with van der Waals surface area (Å²) in [4.78, 5) is 14.1. The Hall–Kier alpha value is -2.30. The molecule has 0 saturated heterocycles. The van der Waals surface area contributed by atoms with Crippen molar-refractivity contribution in [1.82, 2.24) is 4.98 Å². The highest BCUT2D eigenvalue weighted by Crippen LogP contribution is 2.32. The maximum Gasteiger partial charge on any atom is 0.419 e. The Morgan fingerprint density at radius 1 is 1.59 bits per heavy atom. The number of methoxy groups -OCH3 is 1. The Kier molecular flexibility index (Phi) is 3.52. The predicted molar refractivity (Wildman–Crippen MR) is 50.0 cm³/mol. The molecule has 0 atom stereocenters. The Morgan fingerprint density at radius 2 is 2.24 bits per heavy atom. The van der Waals surface area contributed by atoms with E-state index in [1.807, 2.05) is 5.32 Å². The molecule has 1 heterocycles. The largest absolute Gasteiger partial charge is 0.453 e. The molecular weight excluding hydrogens is 239 g/mol. The Labute approximate surface area is 93.8 Å². The number of aromatic nitrogens is 1. The lowest BCUT2D eigenvalue weighted by Gasteiger charge is -2.10. The number of hydrogen-bond acceptors (Lipinski definition) is 4. The van der Waals surface area contributed by atoms with Gasteiger partial charge in [0.25, 0.3) is 0 Å². The third-order valence-electron chi connectivity index (χ3n) is 1.73. The topological polar surface area (TPSA) is 75.0 Å². The van der Waals surface area contributed by atoms with Gasteiger partial charge in [-0.05, 0) is 6.07 Å². The van der Waals surface area contributed by atoms with Crippen LogP contribution in [-0.2, 0) is 10.9 Å². The quantitative estimate of drug-likeness (QED) is 0.822. The Balaban J connectivity index is 3.15. The molecule has 0 fully saturated rings. The van der Waals surface area contributed by atoms with Crippen LogP contribution in [0.4, 0.5) is 23.7 Å². The summed E-state index contributed by atoms with van der Waals surface area (Å²) in [5, 5.41) is 10.5. The summed E-state index contributed by atoms with van der Waals surface area (Å²) in [6, 6.07) is 1.94. The number of ether oxygens (including phenoxy) is 1. The van der Waals surface area contributed by atoms with Crippen molar-refractivity contribution in [1.29, 1.82) is 5.26 Å². The van der Waals surface area contributed by atoms with E-state index < -0.39 is 23.5 Å². The Bertz CT molecular complexity index is 479. The summed E-state index contributed by atoms with van der Waals surface area (Å²) >= 11 is 0. The molecule has 17 heavy (non-hydrogen) atoms. The van der Waals surface area contributed by atoms with E-state index in [9.17, 15) is 18.0 Å². The lowest BCUT2D eigenvalue weighted by molar-refractivity contribution is -0.138. The van der Waals surface area contributed by atoms with Gasteiger partial charge in [-0.15, -0.1) is 0 Å². The number of anilines is 1. The highest BCUT2D eigenvalue weighted by molar-refractivity contribution is 5.84. The van der Waals surface area contributed by atoms with Crippen molar-refractivity contribution in [2.24, 2.45) is 0 Å². The summed E-state index contributed by atoms with van der Waals surface area (Å²) in [5.41, 5.74) is -2.18. The molecule has 0 unspecified atom stereocenters. The van der Waals surface area contributed by atoms with Gasteiger partial charge in [0.15, 0.2) is 5.69 Å². The minimum absolute atomic E-state index is 0.205. The van der Waals surface area contributed by atoms with Crippen LogP contribution >= 0.6 is 0 Å². The number of hydrogen-bond donors (Lipinski definition) is 1. The number of carbonyl (C=O) groups excluding carboxylic acids is 1. The number of nitriles is 1. The van der Waals surface area contributed by atoms with Crippen molar-refractivity contribution in [2.45, 2.75) is 6.18 Å². The number of alkyl halides is 3. The molecule has 5 nitrogen and oxygen atoms in total. The lowest BCUT2D eigenvalue weighted by Crippen LogP contribution is -2.14. The minimum atomic E-state index is -4.72. The molecular formula is C9H6F3N3O2. The van der Waals surface area contributed by atoms with Crippen molar-refractivity contribution in [3.8, 4) is 6.07 Å². The van der Waals surface area contributed by atoms with Crippen molar-refractivity contribution >= 4 is 11.8 Å². The molecule has 1 amide bonds. The number of halogens is 3. The van der Waals surface area contributed by atoms with E-state index in [-0.39, 0.29) is 5.69 Å². The average Bonchev–Trinajstić information content (AvgIpc) is 2.27. The summed E-state index contributed by atoms with van der Waals surface area (Å²) in [6.07, 6.45) is -4.71. The van der Waals surface area contributed by atoms with Gasteiger partial charge >= 0.3 is 12.3 Å². The molecule has 0 aromatic carbocycles. The van der Waals surface area contributed by atoms with Gasteiger partial charge in [-0.3, -0.25) is 5.32 Å². The van der Waals surface area contributed by atoms with Gasteiger partial charge in [0, 0.05) is 0 Å². The SMILES string of the molecule is COC(=O)Nc1cnc(C#N)c(C(F)(F)F)c1. The summed E-state index contributed by atoms with van der Waals surface area (Å²) < 4.78 is 41.7. The van der Waals surface area contributed by atoms with E-state index >= 15 is 0 Å². The molecule has 1 rings (SSSR count). The molecule has 0 aliphatic heterocycles. The van der Waals surface area contributed by atoms with Gasteiger partial charge in [-0.25, -0.2) is 9.78 Å². The first-order valence-corrected chi connectivity index (χ1v) is 4.20. The lowest BCUT2D eigenvalue weighted by atomic mass is 10.2. The molecule has 0 spiro atoms. The van der Waals surface area contributed by atoms with Gasteiger partial charge < -0.3 is 4.74 Å². The van der Waals surface area contributed by atoms with Gasteiger partial charge in [-0.1, -0.05) is 0 Å². The van der Waals surface area contributed by atoms with Crippen LogP contribution in [0.2, 0.25) is 0 Å². The average molecular weight is 245 g/mol. The third kappa shape index (κ3) is 3.07. The zero-order chi connectivity index (χ0) is 13.1. The standard InChI is InChI=1S/C9H6F3N3O2/c1-17-8(16)15-5-2-6(9(10,11)12)7(3-13)14-4-5/h2,4H,1H3,(H,15,16). The van der Waals surface area contributed by atoms with Crippen LogP contribution in [0, 0.1) is 11.3 Å². The van der Waals surface area contributed by atoms with Crippen LogP contribution in [0.3, 0.4) is 0 Å². The molecule has 0 aliphatic carbocycles. The molecule has 0 aliphatic rings.